The second-order valence-electron chi connectivity index (χ2n) is 6.62. The third-order valence-corrected chi connectivity index (χ3v) is 4.69. The fourth-order valence-corrected chi connectivity index (χ4v) is 2.89. The minimum absolute atomic E-state index is 0.310. The zero-order chi connectivity index (χ0) is 21.7. The Bertz CT molecular complexity index is 1060. The molecule has 0 unspecified atom stereocenters. The molecule has 0 atom stereocenters. The van der Waals surface area contributed by atoms with Crippen LogP contribution in [0.2, 0.25) is 0 Å². The van der Waals surface area contributed by atoms with Gasteiger partial charge in [-0.15, -0.1) is 0 Å². The van der Waals surface area contributed by atoms with Crippen molar-refractivity contribution >= 4 is 12.1 Å². The van der Waals surface area contributed by atoms with E-state index in [0.29, 0.717) is 34.2 Å². The van der Waals surface area contributed by atoms with E-state index < -0.39 is 5.91 Å². The number of carbonyl (C=O) groups is 1. The smallest absolute Gasteiger partial charge is 0.289 e. The molecule has 156 valence electrons. The molecule has 1 aromatic heterocycles. The first-order chi connectivity index (χ1) is 14.5. The van der Waals surface area contributed by atoms with E-state index in [2.05, 4.69) is 27.6 Å². The van der Waals surface area contributed by atoms with Gasteiger partial charge >= 0.3 is 0 Å². The number of hydrogen-bond donors (Lipinski definition) is 2. The van der Waals surface area contributed by atoms with Gasteiger partial charge in [0.1, 0.15) is 5.69 Å². The van der Waals surface area contributed by atoms with Crippen LogP contribution in [0.3, 0.4) is 0 Å². The average Bonchev–Trinajstić information content (AvgIpc) is 3.25. The molecule has 8 nitrogen and oxygen atoms in total. The number of rotatable bonds is 7. The molecule has 30 heavy (non-hydrogen) atoms. The van der Waals surface area contributed by atoms with Gasteiger partial charge in [-0.25, -0.2) is 5.43 Å². The lowest BCUT2D eigenvalue weighted by molar-refractivity contribution is 0.0950. The van der Waals surface area contributed by atoms with Crippen molar-refractivity contribution in [3.05, 3.63) is 58.8 Å². The van der Waals surface area contributed by atoms with E-state index in [9.17, 15) is 4.79 Å². The lowest BCUT2D eigenvalue weighted by Crippen LogP contribution is -2.18. The number of aromatic nitrogens is 2. The Hall–Kier alpha value is -3.81. The molecule has 0 saturated carbocycles. The Labute approximate surface area is 174 Å². The van der Waals surface area contributed by atoms with Crippen LogP contribution in [-0.2, 0) is 0 Å². The highest BCUT2D eigenvalue weighted by atomic mass is 16.5. The minimum atomic E-state index is -0.402. The number of nitrogens with one attached hydrogen (secondary N) is 2. The van der Waals surface area contributed by atoms with Crippen LogP contribution in [0.5, 0.6) is 17.2 Å². The number of nitrogens with zero attached hydrogens (tertiary/aromatic N) is 2. The third-order valence-electron chi connectivity index (χ3n) is 4.69. The molecule has 8 heteroatoms. The van der Waals surface area contributed by atoms with Crippen molar-refractivity contribution in [1.29, 1.82) is 0 Å². The lowest BCUT2D eigenvalue weighted by Gasteiger charge is -2.12. The molecule has 0 bridgehead atoms. The van der Waals surface area contributed by atoms with E-state index in [1.54, 1.807) is 18.2 Å². The number of benzene rings is 2. The first kappa shape index (κ1) is 20.9. The highest BCUT2D eigenvalue weighted by Crippen LogP contribution is 2.37. The van der Waals surface area contributed by atoms with Crippen molar-refractivity contribution in [2.24, 2.45) is 5.10 Å². The summed E-state index contributed by atoms with van der Waals surface area (Å²) in [5.74, 6) is 1.08. The molecule has 3 rings (SSSR count). The number of aryl methyl sites for hydroxylation is 2. The van der Waals surface area contributed by atoms with Crippen molar-refractivity contribution in [2.75, 3.05) is 21.3 Å². The topological polar surface area (TPSA) is 97.8 Å². The molecular weight excluding hydrogens is 384 g/mol. The molecule has 0 saturated heterocycles. The summed E-state index contributed by atoms with van der Waals surface area (Å²) in [7, 11) is 4.60. The SMILES string of the molecule is COc1cc(/C=N/NC(=O)c2cc(-c3ccc(C)c(C)c3)n[nH]2)cc(OC)c1OC. The summed E-state index contributed by atoms with van der Waals surface area (Å²) < 4.78 is 15.9. The van der Waals surface area contributed by atoms with E-state index in [1.165, 1.54) is 33.1 Å². The fraction of sp³-hybridized carbons (Fsp3) is 0.227. The summed E-state index contributed by atoms with van der Waals surface area (Å²) in [6, 6.07) is 11.2. The number of H-pyrrole nitrogens is 1. The Morgan fingerprint density at radius 3 is 2.30 bits per heavy atom. The summed E-state index contributed by atoms with van der Waals surface area (Å²) in [6.45, 7) is 4.09. The largest absolute Gasteiger partial charge is 0.493 e. The summed E-state index contributed by atoms with van der Waals surface area (Å²) in [4.78, 5) is 12.4. The van der Waals surface area contributed by atoms with Crippen LogP contribution in [0.25, 0.3) is 11.3 Å². The molecule has 1 heterocycles. The van der Waals surface area contributed by atoms with Crippen molar-refractivity contribution in [3.63, 3.8) is 0 Å². The normalized spacial score (nSPS) is 10.8. The van der Waals surface area contributed by atoms with E-state index >= 15 is 0 Å². The standard InChI is InChI=1S/C22H24N4O4/c1-13-6-7-16(8-14(13)2)17-11-18(25-24-17)22(27)26-23-12-15-9-19(28-3)21(30-5)20(10-15)29-4/h6-12H,1-5H3,(H,24,25)(H,26,27)/b23-12+. The van der Waals surface area contributed by atoms with Gasteiger partial charge in [-0.05, 0) is 49.2 Å². The van der Waals surface area contributed by atoms with Crippen molar-refractivity contribution in [3.8, 4) is 28.5 Å². The Morgan fingerprint density at radius 2 is 1.70 bits per heavy atom. The highest BCUT2D eigenvalue weighted by Gasteiger charge is 2.13. The molecule has 1 amide bonds. The van der Waals surface area contributed by atoms with E-state index in [4.69, 9.17) is 14.2 Å². The van der Waals surface area contributed by atoms with Crippen LogP contribution in [0, 0.1) is 13.8 Å². The quantitative estimate of drug-likeness (QED) is 0.461. The fourth-order valence-electron chi connectivity index (χ4n) is 2.89. The number of methoxy groups -OCH3 is 3. The van der Waals surface area contributed by atoms with Crippen LogP contribution in [0.1, 0.15) is 27.2 Å². The zero-order valence-corrected chi connectivity index (χ0v) is 17.6. The van der Waals surface area contributed by atoms with Crippen LogP contribution in [0.15, 0.2) is 41.5 Å². The summed E-state index contributed by atoms with van der Waals surface area (Å²) in [6.07, 6.45) is 1.49. The second kappa shape index (κ2) is 9.13. The summed E-state index contributed by atoms with van der Waals surface area (Å²) >= 11 is 0. The van der Waals surface area contributed by atoms with Gasteiger partial charge in [0.25, 0.3) is 5.91 Å². The van der Waals surface area contributed by atoms with E-state index in [1.807, 2.05) is 25.1 Å². The number of hydrogen-bond acceptors (Lipinski definition) is 6. The minimum Gasteiger partial charge on any atom is -0.493 e. The van der Waals surface area contributed by atoms with Crippen LogP contribution in [0.4, 0.5) is 0 Å². The first-order valence-corrected chi connectivity index (χ1v) is 9.23. The molecule has 3 aromatic rings. The number of hydrazone groups is 1. The van der Waals surface area contributed by atoms with E-state index in [-0.39, 0.29) is 0 Å². The summed E-state index contributed by atoms with van der Waals surface area (Å²) in [5.41, 5.74) is 7.46. The number of ether oxygens (including phenoxy) is 3. The zero-order valence-electron chi connectivity index (χ0n) is 17.6. The summed E-state index contributed by atoms with van der Waals surface area (Å²) in [5, 5.41) is 11.0. The monoisotopic (exact) mass is 408 g/mol. The van der Waals surface area contributed by atoms with Gasteiger partial charge in [0, 0.05) is 11.1 Å². The number of amides is 1. The number of carbonyl (C=O) groups excluding carboxylic acids is 1. The molecule has 0 aliphatic heterocycles. The molecule has 2 N–H and O–H groups in total. The Morgan fingerprint density at radius 1 is 1.00 bits per heavy atom. The van der Waals surface area contributed by atoms with E-state index in [0.717, 1.165) is 11.1 Å². The van der Waals surface area contributed by atoms with Gasteiger partial charge in [0.2, 0.25) is 5.75 Å². The van der Waals surface area contributed by atoms with Gasteiger partial charge in [0.05, 0.1) is 33.2 Å². The van der Waals surface area contributed by atoms with Crippen LogP contribution in [-0.4, -0.2) is 43.6 Å². The van der Waals surface area contributed by atoms with Gasteiger partial charge in [-0.2, -0.15) is 10.2 Å². The predicted octanol–water partition coefficient (Wildman–Crippen LogP) is 3.48. The van der Waals surface area contributed by atoms with Crippen molar-refractivity contribution < 1.29 is 19.0 Å². The van der Waals surface area contributed by atoms with Crippen molar-refractivity contribution in [1.82, 2.24) is 15.6 Å². The second-order valence-corrected chi connectivity index (χ2v) is 6.62. The van der Waals surface area contributed by atoms with Gasteiger partial charge in [-0.1, -0.05) is 12.1 Å². The predicted molar refractivity (Wildman–Crippen MR) is 115 cm³/mol. The maximum absolute atomic E-state index is 12.4. The first-order valence-electron chi connectivity index (χ1n) is 9.23. The molecule has 0 aliphatic rings. The van der Waals surface area contributed by atoms with Crippen molar-refractivity contribution in [2.45, 2.75) is 13.8 Å². The maximum atomic E-state index is 12.4. The molecule has 0 aliphatic carbocycles. The molecule has 0 fully saturated rings. The Balaban J connectivity index is 1.72. The van der Waals surface area contributed by atoms with Gasteiger partial charge in [-0.3, -0.25) is 9.89 Å². The highest BCUT2D eigenvalue weighted by molar-refractivity contribution is 5.94. The van der Waals surface area contributed by atoms with Crippen LogP contribution < -0.4 is 19.6 Å². The third kappa shape index (κ3) is 4.43. The van der Waals surface area contributed by atoms with Gasteiger partial charge < -0.3 is 14.2 Å². The lowest BCUT2D eigenvalue weighted by atomic mass is 10.0. The molecule has 2 aromatic carbocycles. The van der Waals surface area contributed by atoms with Crippen LogP contribution >= 0.6 is 0 Å². The average molecular weight is 408 g/mol. The molecule has 0 spiro atoms. The molecule has 0 radical (unpaired) electrons. The van der Waals surface area contributed by atoms with Gasteiger partial charge in [0.15, 0.2) is 11.5 Å². The maximum Gasteiger partial charge on any atom is 0.289 e. The molecular formula is C22H24N4O4. The number of aromatic amines is 1. The Kier molecular flexibility index (Phi) is 6.36.